The summed E-state index contributed by atoms with van der Waals surface area (Å²) in [4.78, 5) is 45.1. The first kappa shape index (κ1) is 20.2. The van der Waals surface area contributed by atoms with E-state index in [1.165, 1.54) is 6.92 Å². The van der Waals surface area contributed by atoms with Gasteiger partial charge in [-0.2, -0.15) is 0 Å². The van der Waals surface area contributed by atoms with Gasteiger partial charge in [0.15, 0.2) is 18.3 Å². The van der Waals surface area contributed by atoms with Gasteiger partial charge in [0.25, 0.3) is 0 Å². The molecule has 1 fully saturated rings. The van der Waals surface area contributed by atoms with Crippen LogP contribution in [0.3, 0.4) is 0 Å². The van der Waals surface area contributed by atoms with E-state index in [0.717, 1.165) is 20.8 Å². The standard InChI is InChI=1S/C14H20O9S/c1-6(15)19-5-10-11(20-7(2)16)12(21-8(3)17)13(14(24)23-10)22-9(4)18/h10-14,24H,5H2,1-4H3/t10-,11-,12+,13-,14-/m1/s1. The number of carbonyl (C=O) groups is 4. The lowest BCUT2D eigenvalue weighted by atomic mass is 9.99. The van der Waals surface area contributed by atoms with Crippen molar-refractivity contribution in [2.24, 2.45) is 0 Å². The van der Waals surface area contributed by atoms with Crippen LogP contribution in [0, 0.1) is 0 Å². The minimum atomic E-state index is -1.16. The molecule has 0 bridgehead atoms. The molecular formula is C14H20O9S. The summed E-state index contributed by atoms with van der Waals surface area (Å²) in [6, 6.07) is 0. The van der Waals surface area contributed by atoms with Crippen LogP contribution in [0.2, 0.25) is 0 Å². The molecule has 1 heterocycles. The van der Waals surface area contributed by atoms with Gasteiger partial charge in [-0.1, -0.05) is 0 Å². The maximum Gasteiger partial charge on any atom is 0.303 e. The highest BCUT2D eigenvalue weighted by Crippen LogP contribution is 2.30. The average Bonchev–Trinajstić information content (AvgIpc) is 2.42. The molecule has 1 rings (SSSR count). The minimum absolute atomic E-state index is 0.255. The highest BCUT2D eigenvalue weighted by atomic mass is 32.1. The van der Waals surface area contributed by atoms with Crippen LogP contribution < -0.4 is 0 Å². The van der Waals surface area contributed by atoms with Gasteiger partial charge in [-0.05, 0) is 0 Å². The molecule has 0 aromatic rings. The maximum absolute atomic E-state index is 11.4. The summed E-state index contributed by atoms with van der Waals surface area (Å²) in [5.41, 5.74) is -0.981. The summed E-state index contributed by atoms with van der Waals surface area (Å²) in [6.07, 6.45) is -4.35. The first-order chi connectivity index (χ1) is 11.1. The third-order valence-electron chi connectivity index (χ3n) is 2.97. The average molecular weight is 364 g/mol. The molecule has 1 aliphatic rings. The predicted molar refractivity (Wildman–Crippen MR) is 80.9 cm³/mol. The van der Waals surface area contributed by atoms with Crippen molar-refractivity contribution < 1.29 is 42.9 Å². The highest BCUT2D eigenvalue weighted by Gasteiger charge is 2.51. The van der Waals surface area contributed by atoms with E-state index in [2.05, 4.69) is 12.6 Å². The van der Waals surface area contributed by atoms with Crippen molar-refractivity contribution in [3.63, 3.8) is 0 Å². The molecule has 5 atom stereocenters. The molecule has 0 unspecified atom stereocenters. The van der Waals surface area contributed by atoms with Crippen molar-refractivity contribution in [3.8, 4) is 0 Å². The summed E-state index contributed by atoms with van der Waals surface area (Å²) >= 11 is 4.18. The first-order valence-electron chi connectivity index (χ1n) is 7.10. The molecular weight excluding hydrogens is 344 g/mol. The zero-order chi connectivity index (χ0) is 18.4. The minimum Gasteiger partial charge on any atom is -0.463 e. The first-order valence-corrected chi connectivity index (χ1v) is 7.62. The van der Waals surface area contributed by atoms with Crippen LogP contribution >= 0.6 is 12.6 Å². The molecule has 10 heteroatoms. The summed E-state index contributed by atoms with van der Waals surface area (Å²) in [5, 5.41) is 0. The van der Waals surface area contributed by atoms with Crippen molar-refractivity contribution in [1.82, 2.24) is 0 Å². The van der Waals surface area contributed by atoms with E-state index in [0.29, 0.717) is 0 Å². The predicted octanol–water partition coefficient (Wildman–Crippen LogP) is -0.000700. The van der Waals surface area contributed by atoms with Crippen molar-refractivity contribution in [2.45, 2.75) is 57.5 Å². The molecule has 0 aliphatic carbocycles. The van der Waals surface area contributed by atoms with Crippen molar-refractivity contribution >= 4 is 36.5 Å². The molecule has 0 spiro atoms. The number of esters is 4. The zero-order valence-electron chi connectivity index (χ0n) is 13.7. The Labute approximate surface area is 144 Å². The van der Waals surface area contributed by atoms with Crippen molar-refractivity contribution in [1.29, 1.82) is 0 Å². The fourth-order valence-corrected chi connectivity index (χ4v) is 2.59. The molecule has 0 N–H and O–H groups in total. The van der Waals surface area contributed by atoms with Gasteiger partial charge in [0.05, 0.1) is 0 Å². The Morgan fingerprint density at radius 3 is 1.71 bits per heavy atom. The summed E-state index contributed by atoms with van der Waals surface area (Å²) < 4.78 is 25.8. The Bertz CT molecular complexity index is 506. The topological polar surface area (TPSA) is 114 Å². The summed E-state index contributed by atoms with van der Waals surface area (Å²) in [6.45, 7) is 4.42. The van der Waals surface area contributed by atoms with Crippen LogP contribution in [-0.2, 0) is 42.9 Å². The van der Waals surface area contributed by atoms with Crippen LogP contribution in [0.5, 0.6) is 0 Å². The smallest absolute Gasteiger partial charge is 0.303 e. The van der Waals surface area contributed by atoms with Gasteiger partial charge in [-0.25, -0.2) is 0 Å². The number of thiol groups is 1. The Balaban J connectivity index is 3.11. The fraction of sp³-hybridized carbons (Fsp3) is 0.714. The molecule has 1 saturated heterocycles. The van der Waals surface area contributed by atoms with Crippen LogP contribution in [0.25, 0.3) is 0 Å². The van der Waals surface area contributed by atoms with E-state index < -0.39 is 53.7 Å². The van der Waals surface area contributed by atoms with Gasteiger partial charge in [0, 0.05) is 27.7 Å². The summed E-state index contributed by atoms with van der Waals surface area (Å²) in [5.74, 6) is -2.57. The van der Waals surface area contributed by atoms with Gasteiger partial charge >= 0.3 is 23.9 Å². The van der Waals surface area contributed by atoms with E-state index >= 15 is 0 Å². The lowest BCUT2D eigenvalue weighted by Crippen LogP contribution is -2.61. The van der Waals surface area contributed by atoms with Gasteiger partial charge in [-0.3, -0.25) is 19.2 Å². The van der Waals surface area contributed by atoms with Crippen LogP contribution in [-0.4, -0.2) is 60.3 Å². The van der Waals surface area contributed by atoms with E-state index in [1.54, 1.807) is 0 Å². The molecule has 0 radical (unpaired) electrons. The van der Waals surface area contributed by atoms with Crippen molar-refractivity contribution in [3.05, 3.63) is 0 Å². The van der Waals surface area contributed by atoms with Crippen LogP contribution in [0.1, 0.15) is 27.7 Å². The molecule has 0 amide bonds. The third kappa shape index (κ3) is 6.00. The number of rotatable bonds is 5. The molecule has 9 nitrogen and oxygen atoms in total. The quantitative estimate of drug-likeness (QED) is 0.409. The molecule has 136 valence electrons. The lowest BCUT2D eigenvalue weighted by molar-refractivity contribution is -0.237. The maximum atomic E-state index is 11.4. The zero-order valence-corrected chi connectivity index (χ0v) is 14.6. The van der Waals surface area contributed by atoms with E-state index in [9.17, 15) is 19.2 Å². The van der Waals surface area contributed by atoms with Crippen molar-refractivity contribution in [2.75, 3.05) is 6.61 Å². The monoisotopic (exact) mass is 364 g/mol. The highest BCUT2D eigenvalue weighted by molar-refractivity contribution is 7.80. The van der Waals surface area contributed by atoms with Gasteiger partial charge in [-0.15, -0.1) is 12.6 Å². The fourth-order valence-electron chi connectivity index (χ4n) is 2.21. The van der Waals surface area contributed by atoms with Gasteiger partial charge in [0.2, 0.25) is 0 Å². The van der Waals surface area contributed by atoms with Gasteiger partial charge in [0.1, 0.15) is 18.1 Å². The molecule has 0 aromatic heterocycles. The second-order valence-electron chi connectivity index (χ2n) is 5.09. The number of hydrogen-bond acceptors (Lipinski definition) is 10. The SMILES string of the molecule is CC(=O)OC[C@H]1O[C@H](S)[C@H](OC(C)=O)[C@@H](OC(C)=O)[C@@H]1OC(C)=O. The van der Waals surface area contributed by atoms with Crippen LogP contribution in [0.15, 0.2) is 0 Å². The number of ether oxygens (including phenoxy) is 5. The number of hydrogen-bond donors (Lipinski definition) is 1. The third-order valence-corrected chi connectivity index (χ3v) is 3.38. The second kappa shape index (κ2) is 8.88. The Hall–Kier alpha value is -1.81. The molecule has 0 aromatic carbocycles. The van der Waals surface area contributed by atoms with E-state index in [-0.39, 0.29) is 6.61 Å². The van der Waals surface area contributed by atoms with E-state index in [4.69, 9.17) is 23.7 Å². The normalized spacial score (nSPS) is 29.3. The Kier molecular flexibility index (Phi) is 7.49. The Morgan fingerprint density at radius 1 is 0.792 bits per heavy atom. The van der Waals surface area contributed by atoms with Gasteiger partial charge < -0.3 is 23.7 Å². The Morgan fingerprint density at radius 2 is 1.25 bits per heavy atom. The second-order valence-corrected chi connectivity index (χ2v) is 5.60. The van der Waals surface area contributed by atoms with Crippen LogP contribution in [0.4, 0.5) is 0 Å². The molecule has 0 saturated carbocycles. The molecule has 24 heavy (non-hydrogen) atoms. The molecule has 1 aliphatic heterocycles. The largest absolute Gasteiger partial charge is 0.463 e. The van der Waals surface area contributed by atoms with E-state index in [1.807, 2.05) is 0 Å². The number of carbonyl (C=O) groups excluding carboxylic acids is 4. The summed E-state index contributed by atoms with van der Waals surface area (Å²) in [7, 11) is 0. The lowest BCUT2D eigenvalue weighted by Gasteiger charge is -2.42.